The molecule has 5 nitrogen and oxygen atoms in total. The lowest BCUT2D eigenvalue weighted by Crippen LogP contribution is -2.34. The van der Waals surface area contributed by atoms with E-state index >= 15 is 0 Å². The van der Waals surface area contributed by atoms with Crippen molar-refractivity contribution in [1.29, 1.82) is 0 Å². The van der Waals surface area contributed by atoms with Crippen LogP contribution in [0.1, 0.15) is 6.92 Å². The normalized spacial score (nSPS) is 32.4. The van der Waals surface area contributed by atoms with Gasteiger partial charge in [-0.25, -0.2) is 4.79 Å². The minimum absolute atomic E-state index is 0.453. The van der Waals surface area contributed by atoms with Crippen LogP contribution in [0.4, 0.5) is 13.2 Å². The summed E-state index contributed by atoms with van der Waals surface area (Å²) in [5.41, 5.74) is 0. The SMILES string of the molecule is CC1C(OC(=O)C(F)(F)F)COS1(O)O. The van der Waals surface area contributed by atoms with Gasteiger partial charge in [0.15, 0.2) is 0 Å². The van der Waals surface area contributed by atoms with Crippen molar-refractivity contribution in [3.63, 3.8) is 0 Å². The predicted octanol–water partition coefficient (Wildman–Crippen LogP) is 1.54. The van der Waals surface area contributed by atoms with Crippen molar-refractivity contribution >= 4 is 16.8 Å². The van der Waals surface area contributed by atoms with E-state index in [2.05, 4.69) is 8.92 Å². The van der Waals surface area contributed by atoms with Gasteiger partial charge in [0.2, 0.25) is 0 Å². The van der Waals surface area contributed by atoms with Crippen molar-refractivity contribution in [2.45, 2.75) is 24.5 Å². The number of rotatable bonds is 1. The number of halogens is 3. The van der Waals surface area contributed by atoms with E-state index < -0.39 is 41.0 Å². The van der Waals surface area contributed by atoms with E-state index in [4.69, 9.17) is 9.11 Å². The fourth-order valence-corrected chi connectivity index (χ4v) is 2.02. The van der Waals surface area contributed by atoms with E-state index in [9.17, 15) is 18.0 Å². The van der Waals surface area contributed by atoms with Crippen LogP contribution in [-0.4, -0.2) is 39.2 Å². The maximum absolute atomic E-state index is 11.8. The number of hydrogen-bond acceptors (Lipinski definition) is 5. The van der Waals surface area contributed by atoms with Crippen LogP contribution in [0, 0.1) is 0 Å². The highest BCUT2D eigenvalue weighted by Crippen LogP contribution is 2.52. The van der Waals surface area contributed by atoms with Crippen LogP contribution in [0.2, 0.25) is 0 Å². The molecule has 2 N–H and O–H groups in total. The molecule has 2 unspecified atom stereocenters. The lowest BCUT2D eigenvalue weighted by Gasteiger charge is -2.25. The molecule has 1 aliphatic heterocycles. The Morgan fingerprint density at radius 3 is 2.40 bits per heavy atom. The largest absolute Gasteiger partial charge is 0.490 e. The molecular formula is C6H9F3O5S. The van der Waals surface area contributed by atoms with Crippen molar-refractivity contribution in [1.82, 2.24) is 0 Å². The molecule has 1 rings (SSSR count). The lowest BCUT2D eigenvalue weighted by atomic mass is 10.3. The minimum Gasteiger partial charge on any atom is -0.452 e. The molecule has 15 heavy (non-hydrogen) atoms. The number of esters is 1. The minimum atomic E-state index is -5.09. The summed E-state index contributed by atoms with van der Waals surface area (Å²) in [6, 6.07) is 0. The highest BCUT2D eigenvalue weighted by molar-refractivity contribution is 8.20. The summed E-state index contributed by atoms with van der Waals surface area (Å²) in [6.45, 7) is 0.780. The molecule has 0 aliphatic carbocycles. The summed E-state index contributed by atoms with van der Waals surface area (Å²) in [4.78, 5) is 10.4. The second kappa shape index (κ2) is 3.81. The van der Waals surface area contributed by atoms with Crippen LogP contribution >= 0.6 is 10.9 Å². The summed E-state index contributed by atoms with van der Waals surface area (Å²) in [5, 5.41) is -1.07. The standard InChI is InChI=1S/C6H9F3O5S/c1-3-4(2-13-15(3,11)12)14-5(10)6(7,8)9/h3-4,11-12H,2H2,1H3. The van der Waals surface area contributed by atoms with Gasteiger partial charge < -0.3 is 13.8 Å². The first-order valence-electron chi connectivity index (χ1n) is 3.84. The molecule has 0 saturated carbocycles. The number of carbonyl (C=O) groups excluding carboxylic acids is 1. The van der Waals surface area contributed by atoms with Crippen LogP contribution < -0.4 is 0 Å². The topological polar surface area (TPSA) is 76.0 Å². The molecule has 1 heterocycles. The molecule has 90 valence electrons. The first kappa shape index (κ1) is 12.6. The Morgan fingerprint density at radius 1 is 1.53 bits per heavy atom. The summed E-state index contributed by atoms with van der Waals surface area (Å²) in [6.07, 6.45) is -6.38. The average molecular weight is 250 g/mol. The molecule has 0 spiro atoms. The Balaban J connectivity index is 2.59. The molecule has 9 heteroatoms. The van der Waals surface area contributed by atoms with Gasteiger partial charge in [-0.3, -0.25) is 4.18 Å². The molecule has 1 saturated heterocycles. The molecule has 0 aromatic carbocycles. The van der Waals surface area contributed by atoms with Gasteiger partial charge in [0.25, 0.3) is 0 Å². The Bertz CT molecular complexity index is 266. The molecule has 0 bridgehead atoms. The zero-order valence-corrected chi connectivity index (χ0v) is 8.34. The second-order valence-electron chi connectivity index (χ2n) is 2.97. The smallest absolute Gasteiger partial charge is 0.452 e. The van der Waals surface area contributed by atoms with E-state index in [0.29, 0.717) is 0 Å². The van der Waals surface area contributed by atoms with Crippen LogP contribution in [0.3, 0.4) is 0 Å². The third-order valence-corrected chi connectivity index (χ3v) is 3.66. The summed E-state index contributed by atoms with van der Waals surface area (Å²) >= 11 is 0. The molecule has 2 atom stereocenters. The molecule has 0 aromatic heterocycles. The van der Waals surface area contributed by atoms with Gasteiger partial charge in [-0.15, -0.1) is 0 Å². The predicted molar refractivity (Wildman–Crippen MR) is 44.2 cm³/mol. The average Bonchev–Trinajstić information content (AvgIpc) is 2.30. The van der Waals surface area contributed by atoms with Gasteiger partial charge in [0.1, 0.15) is 12.7 Å². The second-order valence-corrected chi connectivity index (χ2v) is 5.02. The maximum Gasteiger partial charge on any atom is 0.490 e. The van der Waals surface area contributed by atoms with Crippen LogP contribution in [0.5, 0.6) is 0 Å². The summed E-state index contributed by atoms with van der Waals surface area (Å²) in [5.74, 6) is -2.36. The molecule has 0 amide bonds. The third kappa shape index (κ3) is 2.74. The van der Waals surface area contributed by atoms with Gasteiger partial charge in [-0.2, -0.15) is 13.2 Å². The summed E-state index contributed by atoms with van der Waals surface area (Å²) < 4.78 is 62.0. The fourth-order valence-electron chi connectivity index (χ4n) is 0.942. The fraction of sp³-hybridized carbons (Fsp3) is 0.833. The van der Waals surface area contributed by atoms with Crippen molar-refractivity contribution < 1.29 is 36.0 Å². The van der Waals surface area contributed by atoms with Crippen LogP contribution in [-0.2, 0) is 13.7 Å². The van der Waals surface area contributed by atoms with Crippen molar-refractivity contribution in [2.75, 3.05) is 6.61 Å². The highest BCUT2D eigenvalue weighted by atomic mass is 32.3. The van der Waals surface area contributed by atoms with Gasteiger partial charge in [-0.1, -0.05) is 0 Å². The lowest BCUT2D eigenvalue weighted by molar-refractivity contribution is -0.205. The molecule has 1 aliphatic rings. The molecular weight excluding hydrogens is 241 g/mol. The maximum atomic E-state index is 11.8. The number of alkyl halides is 3. The van der Waals surface area contributed by atoms with Gasteiger partial charge in [0, 0.05) is 0 Å². The van der Waals surface area contributed by atoms with Crippen molar-refractivity contribution in [2.24, 2.45) is 0 Å². The van der Waals surface area contributed by atoms with E-state index in [0.717, 1.165) is 0 Å². The van der Waals surface area contributed by atoms with E-state index in [1.54, 1.807) is 0 Å². The monoisotopic (exact) mass is 250 g/mol. The van der Waals surface area contributed by atoms with E-state index in [1.807, 2.05) is 0 Å². The van der Waals surface area contributed by atoms with Crippen molar-refractivity contribution in [3.8, 4) is 0 Å². The zero-order chi connectivity index (χ0) is 11.9. The molecule has 0 aromatic rings. The van der Waals surface area contributed by atoms with E-state index in [1.165, 1.54) is 6.92 Å². The quantitative estimate of drug-likeness (QED) is 0.690. The molecule has 0 radical (unpaired) electrons. The van der Waals surface area contributed by atoms with E-state index in [-0.39, 0.29) is 0 Å². The summed E-state index contributed by atoms with van der Waals surface area (Å²) in [7, 11) is -3.41. The number of hydrogen-bond donors (Lipinski definition) is 2. The first-order chi connectivity index (χ1) is 6.64. The number of ether oxygens (including phenoxy) is 1. The Kier molecular flexibility index (Phi) is 3.19. The van der Waals surface area contributed by atoms with Crippen LogP contribution in [0.25, 0.3) is 0 Å². The van der Waals surface area contributed by atoms with Gasteiger partial charge in [0.05, 0.1) is 16.1 Å². The Morgan fingerprint density at radius 2 is 2.07 bits per heavy atom. The third-order valence-electron chi connectivity index (χ3n) is 1.90. The van der Waals surface area contributed by atoms with Gasteiger partial charge >= 0.3 is 12.1 Å². The van der Waals surface area contributed by atoms with Crippen molar-refractivity contribution in [3.05, 3.63) is 0 Å². The number of carbonyl (C=O) groups is 1. The van der Waals surface area contributed by atoms with Crippen LogP contribution in [0.15, 0.2) is 0 Å². The Labute approximate surface area is 84.7 Å². The molecule has 1 fully saturated rings. The zero-order valence-electron chi connectivity index (χ0n) is 7.52. The first-order valence-corrected chi connectivity index (χ1v) is 5.37. The van der Waals surface area contributed by atoms with Gasteiger partial charge in [-0.05, 0) is 6.92 Å². The Hall–Kier alpha value is -0.510. The highest BCUT2D eigenvalue weighted by Gasteiger charge is 2.48.